The quantitative estimate of drug-likeness (QED) is 0.644. The fraction of sp³-hybridized carbons (Fsp3) is 0.368. The molecule has 0 fully saturated rings. The van der Waals surface area contributed by atoms with Gasteiger partial charge in [-0.3, -0.25) is 0 Å². The number of hydrogen-bond donors (Lipinski definition) is 0. The summed E-state index contributed by atoms with van der Waals surface area (Å²) in [5, 5.41) is 0.235. The number of fused-ring (bicyclic) bond motifs is 1. The summed E-state index contributed by atoms with van der Waals surface area (Å²) in [6, 6.07) is 15.0. The molecule has 2 unspecified atom stereocenters. The van der Waals surface area contributed by atoms with Gasteiger partial charge in [-0.05, 0) is 30.4 Å². The van der Waals surface area contributed by atoms with Crippen LogP contribution in [-0.4, -0.2) is 4.90 Å². The molecule has 116 valence electrons. The maximum atomic E-state index is 6.38. The van der Waals surface area contributed by atoms with E-state index < -0.39 is 0 Å². The van der Waals surface area contributed by atoms with Crippen molar-refractivity contribution in [3.63, 3.8) is 0 Å². The SMILES string of the molecule is Cc1cc(CC(C)C)c2c(c1)C(c1ccccc1)SC(Cl)O2. The molecule has 0 saturated carbocycles. The van der Waals surface area contributed by atoms with E-state index in [0.717, 1.165) is 12.2 Å². The van der Waals surface area contributed by atoms with Crippen molar-refractivity contribution in [3.05, 3.63) is 64.7 Å². The zero-order chi connectivity index (χ0) is 15.7. The molecule has 0 N–H and O–H groups in total. The predicted octanol–water partition coefficient (Wildman–Crippen LogP) is 5.93. The van der Waals surface area contributed by atoms with Gasteiger partial charge in [0.2, 0.25) is 4.90 Å². The Kier molecular flexibility index (Phi) is 4.70. The predicted molar refractivity (Wildman–Crippen MR) is 95.9 cm³/mol. The van der Waals surface area contributed by atoms with E-state index >= 15 is 0 Å². The molecule has 1 aliphatic heterocycles. The van der Waals surface area contributed by atoms with Crippen molar-refractivity contribution in [2.24, 2.45) is 5.92 Å². The first-order valence-electron chi connectivity index (χ1n) is 7.69. The highest BCUT2D eigenvalue weighted by Gasteiger charge is 2.31. The number of thioether (sulfide) groups is 1. The molecule has 0 spiro atoms. The smallest absolute Gasteiger partial charge is 0.220 e. The van der Waals surface area contributed by atoms with Crippen molar-refractivity contribution in [3.8, 4) is 5.75 Å². The number of halogens is 1. The van der Waals surface area contributed by atoms with Gasteiger partial charge in [0.1, 0.15) is 5.75 Å². The number of aryl methyl sites for hydroxylation is 1. The van der Waals surface area contributed by atoms with E-state index in [1.807, 2.05) is 6.07 Å². The van der Waals surface area contributed by atoms with Gasteiger partial charge in [0.05, 0.1) is 5.25 Å². The van der Waals surface area contributed by atoms with Gasteiger partial charge in [0, 0.05) is 5.56 Å². The number of ether oxygens (including phenoxy) is 1. The van der Waals surface area contributed by atoms with Crippen LogP contribution in [0, 0.1) is 12.8 Å². The Morgan fingerprint density at radius 2 is 1.91 bits per heavy atom. The van der Waals surface area contributed by atoms with Gasteiger partial charge in [-0.15, -0.1) is 0 Å². The Balaban J connectivity index is 2.10. The summed E-state index contributed by atoms with van der Waals surface area (Å²) in [6.45, 7) is 6.63. The van der Waals surface area contributed by atoms with Crippen LogP contribution in [0.3, 0.4) is 0 Å². The van der Waals surface area contributed by atoms with Crippen LogP contribution in [0.15, 0.2) is 42.5 Å². The van der Waals surface area contributed by atoms with Gasteiger partial charge in [-0.25, -0.2) is 0 Å². The molecule has 2 atom stereocenters. The molecule has 3 heteroatoms. The van der Waals surface area contributed by atoms with Crippen LogP contribution < -0.4 is 4.74 Å². The van der Waals surface area contributed by atoms with Gasteiger partial charge in [-0.2, -0.15) is 0 Å². The molecule has 22 heavy (non-hydrogen) atoms. The lowest BCUT2D eigenvalue weighted by Gasteiger charge is -2.31. The van der Waals surface area contributed by atoms with E-state index in [1.54, 1.807) is 11.8 Å². The minimum Gasteiger partial charge on any atom is -0.465 e. The molecule has 2 aromatic carbocycles. The van der Waals surface area contributed by atoms with Crippen LogP contribution in [-0.2, 0) is 6.42 Å². The van der Waals surface area contributed by atoms with E-state index in [-0.39, 0.29) is 10.1 Å². The lowest BCUT2D eigenvalue weighted by atomic mass is 9.94. The first-order chi connectivity index (χ1) is 10.5. The monoisotopic (exact) mass is 332 g/mol. The Labute approximate surface area is 142 Å². The Hall–Kier alpha value is -1.12. The molecule has 0 aliphatic carbocycles. The zero-order valence-electron chi connectivity index (χ0n) is 13.2. The third-order valence-corrected chi connectivity index (χ3v) is 5.31. The number of rotatable bonds is 3. The summed E-state index contributed by atoms with van der Waals surface area (Å²) in [7, 11) is 0. The number of alkyl halides is 1. The highest BCUT2D eigenvalue weighted by atomic mass is 35.5. The van der Waals surface area contributed by atoms with Crippen LogP contribution in [0.25, 0.3) is 0 Å². The third kappa shape index (κ3) is 3.28. The first-order valence-corrected chi connectivity index (χ1v) is 9.07. The van der Waals surface area contributed by atoms with Gasteiger partial charge in [0.25, 0.3) is 0 Å². The van der Waals surface area contributed by atoms with E-state index in [4.69, 9.17) is 16.3 Å². The third-order valence-electron chi connectivity index (χ3n) is 3.81. The molecular formula is C19H21ClOS. The van der Waals surface area contributed by atoms with Gasteiger partial charge in [-0.1, -0.05) is 85.2 Å². The van der Waals surface area contributed by atoms with Crippen molar-refractivity contribution in [1.82, 2.24) is 0 Å². The molecule has 1 aliphatic rings. The fourth-order valence-electron chi connectivity index (χ4n) is 2.99. The van der Waals surface area contributed by atoms with Crippen molar-refractivity contribution in [2.75, 3.05) is 0 Å². The van der Waals surface area contributed by atoms with Crippen molar-refractivity contribution in [1.29, 1.82) is 0 Å². The second kappa shape index (κ2) is 6.55. The summed E-state index contributed by atoms with van der Waals surface area (Å²) >= 11 is 8.04. The average molecular weight is 333 g/mol. The first kappa shape index (κ1) is 15.8. The number of benzene rings is 2. The van der Waals surface area contributed by atoms with E-state index in [9.17, 15) is 0 Å². The van der Waals surface area contributed by atoms with E-state index in [1.165, 1.54) is 22.3 Å². The summed E-state index contributed by atoms with van der Waals surface area (Å²) in [5.41, 5.74) is 5.09. The molecule has 0 radical (unpaired) electrons. The maximum Gasteiger partial charge on any atom is 0.220 e. The van der Waals surface area contributed by atoms with Crippen LogP contribution in [0.4, 0.5) is 0 Å². The highest BCUT2D eigenvalue weighted by Crippen LogP contribution is 2.50. The lowest BCUT2D eigenvalue weighted by Crippen LogP contribution is -2.18. The van der Waals surface area contributed by atoms with Crippen molar-refractivity contribution in [2.45, 2.75) is 37.3 Å². The van der Waals surface area contributed by atoms with E-state index in [0.29, 0.717) is 5.92 Å². The summed E-state index contributed by atoms with van der Waals surface area (Å²) in [4.78, 5) is -0.341. The standard InChI is InChI=1S/C19H21ClOS/c1-12(2)9-15-10-13(3)11-16-17(15)21-19(20)22-18(16)14-7-5-4-6-8-14/h4-8,10-12,18-19H,9H2,1-3H3. The Morgan fingerprint density at radius 1 is 1.18 bits per heavy atom. The Morgan fingerprint density at radius 3 is 2.59 bits per heavy atom. The molecule has 1 nitrogen and oxygen atoms in total. The zero-order valence-corrected chi connectivity index (χ0v) is 14.7. The molecule has 2 aromatic rings. The van der Waals surface area contributed by atoms with E-state index in [2.05, 4.69) is 57.2 Å². The topological polar surface area (TPSA) is 9.23 Å². The Bertz CT molecular complexity index is 654. The highest BCUT2D eigenvalue weighted by molar-refractivity contribution is 8.01. The molecule has 0 aromatic heterocycles. The van der Waals surface area contributed by atoms with Gasteiger partial charge < -0.3 is 4.74 Å². The van der Waals surface area contributed by atoms with Crippen molar-refractivity contribution < 1.29 is 4.74 Å². The molecule has 0 saturated heterocycles. The molecule has 1 heterocycles. The lowest BCUT2D eigenvalue weighted by molar-refractivity contribution is 0.343. The average Bonchev–Trinajstić information content (AvgIpc) is 2.47. The second-order valence-electron chi connectivity index (χ2n) is 6.26. The van der Waals surface area contributed by atoms with Crippen LogP contribution in [0.2, 0.25) is 0 Å². The fourth-order valence-corrected chi connectivity index (χ4v) is 4.39. The molecule has 0 amide bonds. The summed E-state index contributed by atoms with van der Waals surface area (Å²) < 4.78 is 6.00. The number of hydrogen-bond acceptors (Lipinski definition) is 2. The van der Waals surface area contributed by atoms with Gasteiger partial charge >= 0.3 is 0 Å². The normalized spacial score (nSPS) is 20.6. The summed E-state index contributed by atoms with van der Waals surface area (Å²) in [6.07, 6.45) is 1.01. The largest absolute Gasteiger partial charge is 0.465 e. The van der Waals surface area contributed by atoms with Gasteiger partial charge in [0.15, 0.2) is 0 Å². The molecular weight excluding hydrogens is 312 g/mol. The van der Waals surface area contributed by atoms with Crippen LogP contribution >= 0.6 is 23.4 Å². The van der Waals surface area contributed by atoms with Crippen molar-refractivity contribution >= 4 is 23.4 Å². The van der Waals surface area contributed by atoms with Crippen LogP contribution in [0.1, 0.15) is 41.4 Å². The minimum absolute atomic E-state index is 0.235. The molecule has 3 rings (SSSR count). The minimum atomic E-state index is -0.341. The summed E-state index contributed by atoms with van der Waals surface area (Å²) in [5.74, 6) is 1.58. The van der Waals surface area contributed by atoms with Crippen LogP contribution in [0.5, 0.6) is 5.75 Å². The molecule has 0 bridgehead atoms. The maximum absolute atomic E-state index is 6.38. The second-order valence-corrected chi connectivity index (χ2v) is 8.09.